The second kappa shape index (κ2) is 4.10. The summed E-state index contributed by atoms with van der Waals surface area (Å²) in [6, 6.07) is 0. The monoisotopic (exact) mass is 214 g/mol. The summed E-state index contributed by atoms with van der Waals surface area (Å²) in [5.41, 5.74) is 4.83. The standard InChI is InChI=1S/C11H22N2O2/c1-5-10(3,12)9(14)13-11(4)6-7-15-8(11)2/h8H,5-7,12H2,1-4H3,(H,13,14). The summed E-state index contributed by atoms with van der Waals surface area (Å²) in [6.07, 6.45) is 1.53. The lowest BCUT2D eigenvalue weighted by Gasteiger charge is -2.33. The van der Waals surface area contributed by atoms with Crippen LogP contribution in [0.15, 0.2) is 0 Å². The van der Waals surface area contributed by atoms with Crippen LogP contribution in [0.5, 0.6) is 0 Å². The zero-order valence-corrected chi connectivity index (χ0v) is 10.1. The lowest BCUT2D eigenvalue weighted by atomic mass is 9.91. The first-order valence-electron chi connectivity index (χ1n) is 5.55. The van der Waals surface area contributed by atoms with Crippen LogP contribution in [-0.2, 0) is 9.53 Å². The number of hydrogen-bond acceptors (Lipinski definition) is 3. The number of rotatable bonds is 3. The van der Waals surface area contributed by atoms with Crippen molar-refractivity contribution in [1.82, 2.24) is 5.32 Å². The number of hydrogen-bond donors (Lipinski definition) is 2. The molecular formula is C11H22N2O2. The van der Waals surface area contributed by atoms with E-state index in [9.17, 15) is 4.79 Å². The summed E-state index contributed by atoms with van der Waals surface area (Å²) in [7, 11) is 0. The number of carbonyl (C=O) groups excluding carboxylic acids is 1. The van der Waals surface area contributed by atoms with Crippen molar-refractivity contribution in [2.24, 2.45) is 5.73 Å². The number of amides is 1. The molecule has 0 aliphatic carbocycles. The Hall–Kier alpha value is -0.610. The topological polar surface area (TPSA) is 64.4 Å². The van der Waals surface area contributed by atoms with E-state index in [4.69, 9.17) is 10.5 Å². The van der Waals surface area contributed by atoms with Gasteiger partial charge in [0.1, 0.15) is 0 Å². The van der Waals surface area contributed by atoms with Crippen LogP contribution in [0.4, 0.5) is 0 Å². The third-order valence-corrected chi connectivity index (χ3v) is 3.54. The molecule has 4 heteroatoms. The van der Waals surface area contributed by atoms with Crippen LogP contribution in [0.3, 0.4) is 0 Å². The predicted octanol–water partition coefficient (Wildman–Crippen LogP) is 0.797. The minimum absolute atomic E-state index is 0.0501. The van der Waals surface area contributed by atoms with Gasteiger partial charge in [-0.2, -0.15) is 0 Å². The lowest BCUT2D eigenvalue weighted by molar-refractivity contribution is -0.128. The third-order valence-electron chi connectivity index (χ3n) is 3.54. The molecule has 1 aliphatic heterocycles. The van der Waals surface area contributed by atoms with E-state index in [0.717, 1.165) is 6.42 Å². The Morgan fingerprint density at radius 1 is 1.73 bits per heavy atom. The Morgan fingerprint density at radius 2 is 2.33 bits per heavy atom. The summed E-state index contributed by atoms with van der Waals surface area (Å²) in [5.74, 6) is -0.0927. The summed E-state index contributed by atoms with van der Waals surface area (Å²) < 4.78 is 5.46. The number of ether oxygens (including phenoxy) is 1. The molecule has 0 aromatic carbocycles. The van der Waals surface area contributed by atoms with Gasteiger partial charge in [0.25, 0.3) is 0 Å². The van der Waals surface area contributed by atoms with Gasteiger partial charge in [0.2, 0.25) is 5.91 Å². The molecule has 0 saturated carbocycles. The van der Waals surface area contributed by atoms with Crippen LogP contribution in [0.25, 0.3) is 0 Å². The molecule has 1 amide bonds. The summed E-state index contributed by atoms with van der Waals surface area (Å²) >= 11 is 0. The maximum Gasteiger partial charge on any atom is 0.240 e. The van der Waals surface area contributed by atoms with Crippen molar-refractivity contribution in [2.45, 2.75) is 57.7 Å². The maximum atomic E-state index is 11.9. The van der Waals surface area contributed by atoms with E-state index in [1.165, 1.54) is 0 Å². The van der Waals surface area contributed by atoms with Gasteiger partial charge in [-0.1, -0.05) is 6.92 Å². The Balaban J connectivity index is 2.65. The fourth-order valence-corrected chi connectivity index (χ4v) is 1.56. The predicted molar refractivity (Wildman–Crippen MR) is 59.5 cm³/mol. The molecule has 1 aliphatic rings. The Bertz CT molecular complexity index is 253. The van der Waals surface area contributed by atoms with E-state index in [-0.39, 0.29) is 17.6 Å². The van der Waals surface area contributed by atoms with Gasteiger partial charge in [0.05, 0.1) is 17.2 Å². The fourth-order valence-electron chi connectivity index (χ4n) is 1.56. The van der Waals surface area contributed by atoms with Crippen LogP contribution in [0.1, 0.15) is 40.5 Å². The average Bonchev–Trinajstić information content (AvgIpc) is 2.47. The molecule has 0 spiro atoms. The number of carbonyl (C=O) groups is 1. The summed E-state index contributed by atoms with van der Waals surface area (Å²) in [5, 5.41) is 3.01. The highest BCUT2D eigenvalue weighted by Crippen LogP contribution is 2.25. The van der Waals surface area contributed by atoms with E-state index in [1.807, 2.05) is 20.8 Å². The van der Waals surface area contributed by atoms with E-state index in [2.05, 4.69) is 5.32 Å². The largest absolute Gasteiger partial charge is 0.376 e. The third kappa shape index (κ3) is 2.49. The molecule has 15 heavy (non-hydrogen) atoms. The van der Waals surface area contributed by atoms with Crippen molar-refractivity contribution in [1.29, 1.82) is 0 Å². The van der Waals surface area contributed by atoms with Crippen molar-refractivity contribution < 1.29 is 9.53 Å². The van der Waals surface area contributed by atoms with E-state index >= 15 is 0 Å². The van der Waals surface area contributed by atoms with Gasteiger partial charge in [-0.25, -0.2) is 0 Å². The Labute approximate surface area is 91.5 Å². The van der Waals surface area contributed by atoms with Crippen LogP contribution in [0.2, 0.25) is 0 Å². The van der Waals surface area contributed by atoms with Gasteiger partial charge < -0.3 is 15.8 Å². The lowest BCUT2D eigenvalue weighted by Crippen LogP contribution is -2.59. The average molecular weight is 214 g/mol. The van der Waals surface area contributed by atoms with Crippen LogP contribution in [-0.4, -0.2) is 29.7 Å². The molecule has 0 radical (unpaired) electrons. The Morgan fingerprint density at radius 3 is 2.73 bits per heavy atom. The minimum atomic E-state index is -0.786. The highest BCUT2D eigenvalue weighted by atomic mass is 16.5. The van der Waals surface area contributed by atoms with Gasteiger partial charge in [-0.3, -0.25) is 4.79 Å². The van der Waals surface area contributed by atoms with Gasteiger partial charge in [-0.05, 0) is 33.6 Å². The van der Waals surface area contributed by atoms with Gasteiger partial charge in [0, 0.05) is 6.61 Å². The quantitative estimate of drug-likeness (QED) is 0.730. The van der Waals surface area contributed by atoms with Crippen molar-refractivity contribution in [3.05, 3.63) is 0 Å². The molecule has 1 heterocycles. The molecule has 88 valence electrons. The van der Waals surface area contributed by atoms with Crippen molar-refractivity contribution in [3.63, 3.8) is 0 Å². The van der Waals surface area contributed by atoms with E-state index in [1.54, 1.807) is 6.92 Å². The maximum absolute atomic E-state index is 11.9. The Kier molecular flexibility index (Phi) is 3.41. The van der Waals surface area contributed by atoms with Crippen molar-refractivity contribution in [2.75, 3.05) is 6.61 Å². The van der Waals surface area contributed by atoms with Crippen LogP contribution >= 0.6 is 0 Å². The van der Waals surface area contributed by atoms with Gasteiger partial charge >= 0.3 is 0 Å². The first-order valence-corrected chi connectivity index (χ1v) is 5.55. The smallest absolute Gasteiger partial charge is 0.240 e. The first kappa shape index (κ1) is 12.5. The van der Waals surface area contributed by atoms with Crippen molar-refractivity contribution in [3.8, 4) is 0 Å². The second-order valence-corrected chi connectivity index (χ2v) is 4.91. The highest BCUT2D eigenvalue weighted by molar-refractivity contribution is 5.86. The molecular weight excluding hydrogens is 192 g/mol. The zero-order chi connectivity index (χ0) is 11.7. The molecule has 1 fully saturated rings. The first-order chi connectivity index (χ1) is 6.82. The molecule has 3 N–H and O–H groups in total. The molecule has 0 aromatic heterocycles. The molecule has 3 unspecified atom stereocenters. The van der Waals surface area contributed by atoms with E-state index in [0.29, 0.717) is 13.0 Å². The number of nitrogens with two attached hydrogens (primary N) is 1. The second-order valence-electron chi connectivity index (χ2n) is 4.91. The van der Waals surface area contributed by atoms with E-state index < -0.39 is 5.54 Å². The fraction of sp³-hybridized carbons (Fsp3) is 0.909. The van der Waals surface area contributed by atoms with Crippen LogP contribution in [0, 0.1) is 0 Å². The normalized spacial score (nSPS) is 34.9. The van der Waals surface area contributed by atoms with Gasteiger partial charge in [0.15, 0.2) is 0 Å². The number of nitrogens with one attached hydrogen (secondary N) is 1. The zero-order valence-electron chi connectivity index (χ0n) is 10.1. The molecule has 1 saturated heterocycles. The van der Waals surface area contributed by atoms with Gasteiger partial charge in [-0.15, -0.1) is 0 Å². The summed E-state index contributed by atoms with van der Waals surface area (Å²) in [4.78, 5) is 11.9. The minimum Gasteiger partial charge on any atom is -0.376 e. The molecule has 4 nitrogen and oxygen atoms in total. The molecule has 1 rings (SSSR count). The van der Waals surface area contributed by atoms with Crippen molar-refractivity contribution >= 4 is 5.91 Å². The molecule has 0 bridgehead atoms. The molecule has 3 atom stereocenters. The molecule has 0 aromatic rings. The SMILES string of the molecule is CCC(C)(N)C(=O)NC1(C)CCOC1C. The summed E-state index contributed by atoms with van der Waals surface area (Å²) in [6.45, 7) is 8.36. The van der Waals surface area contributed by atoms with Crippen LogP contribution < -0.4 is 11.1 Å². The highest BCUT2D eigenvalue weighted by Gasteiger charge is 2.40.